The van der Waals surface area contributed by atoms with Gasteiger partial charge in [-0.15, -0.1) is 0 Å². The van der Waals surface area contributed by atoms with Crippen molar-refractivity contribution in [3.63, 3.8) is 0 Å². The second-order valence-electron chi connectivity index (χ2n) is 4.35. The number of benzene rings is 1. The van der Waals surface area contributed by atoms with Gasteiger partial charge in [-0.05, 0) is 42.5 Å². The smallest absolute Gasteiger partial charge is 0.234 e. The van der Waals surface area contributed by atoms with Crippen molar-refractivity contribution in [3.05, 3.63) is 47.7 Å². The van der Waals surface area contributed by atoms with E-state index < -0.39 is 0 Å². The van der Waals surface area contributed by atoms with Crippen molar-refractivity contribution in [3.8, 4) is 5.69 Å². The number of hydrogen-bond donors (Lipinski definition) is 1. The summed E-state index contributed by atoms with van der Waals surface area (Å²) in [6.45, 7) is 2.11. The van der Waals surface area contributed by atoms with Gasteiger partial charge in [0, 0.05) is 17.4 Å². The summed E-state index contributed by atoms with van der Waals surface area (Å²) in [6, 6.07) is 9.33. The molecule has 0 atom stereocenters. The van der Waals surface area contributed by atoms with Crippen LogP contribution in [-0.4, -0.2) is 22.0 Å². The van der Waals surface area contributed by atoms with Gasteiger partial charge in [-0.3, -0.25) is 4.79 Å². The Morgan fingerprint density at radius 1 is 1.35 bits per heavy atom. The molecule has 1 aromatic heterocycles. The average Bonchev–Trinajstić information content (AvgIpc) is 2.95. The van der Waals surface area contributed by atoms with Gasteiger partial charge in [0.2, 0.25) is 5.91 Å². The number of carbonyl (C=O) groups is 1. The second-order valence-corrected chi connectivity index (χ2v) is 5.89. The van der Waals surface area contributed by atoms with Crippen molar-refractivity contribution in [1.29, 1.82) is 0 Å². The van der Waals surface area contributed by atoms with Crippen molar-refractivity contribution in [2.24, 2.45) is 0 Å². The molecule has 1 N–H and O–H groups in total. The number of nitrogens with zero attached hydrogens (tertiary/aromatic N) is 1. The van der Waals surface area contributed by atoms with Crippen LogP contribution < -0.4 is 5.32 Å². The van der Waals surface area contributed by atoms with E-state index in [1.165, 1.54) is 0 Å². The first-order valence-electron chi connectivity index (χ1n) is 6.51. The minimum Gasteiger partial charge on any atom is -0.324 e. The molecule has 1 amide bonds. The van der Waals surface area contributed by atoms with Crippen LogP contribution >= 0.6 is 23.4 Å². The van der Waals surface area contributed by atoms with Crippen molar-refractivity contribution in [2.75, 3.05) is 16.8 Å². The lowest BCUT2D eigenvalue weighted by molar-refractivity contribution is -0.113. The van der Waals surface area contributed by atoms with Crippen LogP contribution in [0.5, 0.6) is 0 Å². The largest absolute Gasteiger partial charge is 0.324 e. The fourth-order valence-corrected chi connectivity index (χ4v) is 2.67. The van der Waals surface area contributed by atoms with E-state index in [2.05, 4.69) is 12.2 Å². The standard InChI is InChI=1S/C15H17ClN2OS/c1-2-9-20-11-15(19)17-13-6-5-12(16)10-14(13)18-7-3-4-8-18/h3-8,10H,2,9,11H2,1H3,(H,17,19). The zero-order valence-electron chi connectivity index (χ0n) is 11.3. The average molecular weight is 309 g/mol. The van der Waals surface area contributed by atoms with E-state index in [0.29, 0.717) is 10.8 Å². The summed E-state index contributed by atoms with van der Waals surface area (Å²) in [4.78, 5) is 11.9. The van der Waals surface area contributed by atoms with Gasteiger partial charge in [-0.1, -0.05) is 18.5 Å². The van der Waals surface area contributed by atoms with E-state index in [-0.39, 0.29) is 5.91 Å². The van der Waals surface area contributed by atoms with Crippen LogP contribution in [0.3, 0.4) is 0 Å². The molecule has 0 saturated carbocycles. The zero-order valence-corrected chi connectivity index (χ0v) is 12.9. The fourth-order valence-electron chi connectivity index (χ4n) is 1.81. The minimum atomic E-state index is 0.0131. The Morgan fingerprint density at radius 2 is 2.10 bits per heavy atom. The highest BCUT2D eigenvalue weighted by Crippen LogP contribution is 2.24. The summed E-state index contributed by atoms with van der Waals surface area (Å²) in [6.07, 6.45) is 4.92. The van der Waals surface area contributed by atoms with Gasteiger partial charge in [0.05, 0.1) is 17.1 Å². The minimum absolute atomic E-state index is 0.0131. The zero-order chi connectivity index (χ0) is 14.4. The molecule has 5 heteroatoms. The number of anilines is 1. The Hall–Kier alpha value is -1.39. The van der Waals surface area contributed by atoms with Crippen LogP contribution in [0.15, 0.2) is 42.7 Å². The normalized spacial score (nSPS) is 10.5. The quantitative estimate of drug-likeness (QED) is 0.811. The molecule has 1 aromatic carbocycles. The molecule has 0 radical (unpaired) electrons. The van der Waals surface area contributed by atoms with Gasteiger partial charge < -0.3 is 9.88 Å². The molecule has 0 spiro atoms. The van der Waals surface area contributed by atoms with Crippen LogP contribution in [0.1, 0.15) is 13.3 Å². The molecule has 106 valence electrons. The number of halogens is 1. The van der Waals surface area contributed by atoms with E-state index in [0.717, 1.165) is 23.5 Å². The molecule has 0 fully saturated rings. The van der Waals surface area contributed by atoms with E-state index in [9.17, 15) is 4.79 Å². The lowest BCUT2D eigenvalue weighted by atomic mass is 10.2. The van der Waals surface area contributed by atoms with Gasteiger partial charge in [0.25, 0.3) is 0 Å². The maximum atomic E-state index is 11.9. The highest BCUT2D eigenvalue weighted by molar-refractivity contribution is 7.99. The van der Waals surface area contributed by atoms with Gasteiger partial charge in [-0.2, -0.15) is 11.8 Å². The lowest BCUT2D eigenvalue weighted by Gasteiger charge is -2.12. The number of amides is 1. The third-order valence-electron chi connectivity index (χ3n) is 2.70. The number of rotatable bonds is 6. The third kappa shape index (κ3) is 4.05. The molecule has 0 aliphatic carbocycles. The molecule has 2 aromatic rings. The summed E-state index contributed by atoms with van der Waals surface area (Å²) in [5.41, 5.74) is 1.64. The van der Waals surface area contributed by atoms with E-state index in [1.54, 1.807) is 17.8 Å². The molecule has 0 unspecified atom stereocenters. The van der Waals surface area contributed by atoms with Crippen molar-refractivity contribution in [1.82, 2.24) is 4.57 Å². The van der Waals surface area contributed by atoms with E-state index >= 15 is 0 Å². The number of nitrogens with one attached hydrogen (secondary N) is 1. The van der Waals surface area contributed by atoms with Gasteiger partial charge in [-0.25, -0.2) is 0 Å². The fraction of sp³-hybridized carbons (Fsp3) is 0.267. The Morgan fingerprint density at radius 3 is 2.80 bits per heavy atom. The van der Waals surface area contributed by atoms with Crippen LogP contribution in [-0.2, 0) is 4.79 Å². The molecule has 20 heavy (non-hydrogen) atoms. The number of aromatic nitrogens is 1. The van der Waals surface area contributed by atoms with Crippen LogP contribution in [0, 0.1) is 0 Å². The van der Waals surface area contributed by atoms with Crippen LogP contribution in [0.4, 0.5) is 5.69 Å². The van der Waals surface area contributed by atoms with Gasteiger partial charge in [0.15, 0.2) is 0 Å². The molecule has 1 heterocycles. The number of thioether (sulfide) groups is 1. The highest BCUT2D eigenvalue weighted by atomic mass is 35.5. The maximum absolute atomic E-state index is 11.9. The van der Waals surface area contributed by atoms with Crippen LogP contribution in [0.25, 0.3) is 5.69 Å². The van der Waals surface area contributed by atoms with Crippen LogP contribution in [0.2, 0.25) is 5.02 Å². The maximum Gasteiger partial charge on any atom is 0.234 e. The van der Waals surface area contributed by atoms with E-state index in [1.807, 2.05) is 41.2 Å². The van der Waals surface area contributed by atoms with Gasteiger partial charge in [0.1, 0.15) is 0 Å². The Bertz CT molecular complexity index is 569. The first-order valence-corrected chi connectivity index (χ1v) is 8.04. The molecule has 0 aliphatic rings. The summed E-state index contributed by atoms with van der Waals surface area (Å²) in [7, 11) is 0. The Labute approximate surface area is 128 Å². The summed E-state index contributed by atoms with van der Waals surface area (Å²) in [5.74, 6) is 1.49. The monoisotopic (exact) mass is 308 g/mol. The molecule has 2 rings (SSSR count). The summed E-state index contributed by atoms with van der Waals surface area (Å²) < 4.78 is 1.93. The molecule has 0 bridgehead atoms. The Kier molecular flexibility index (Phi) is 5.56. The molecule has 0 aliphatic heterocycles. The lowest BCUT2D eigenvalue weighted by Crippen LogP contribution is -2.15. The Balaban J connectivity index is 2.13. The van der Waals surface area contributed by atoms with E-state index in [4.69, 9.17) is 11.6 Å². The first kappa shape index (κ1) is 15.0. The van der Waals surface area contributed by atoms with Crippen molar-refractivity contribution in [2.45, 2.75) is 13.3 Å². The predicted molar refractivity (Wildman–Crippen MR) is 87.0 cm³/mol. The topological polar surface area (TPSA) is 34.0 Å². The number of hydrogen-bond acceptors (Lipinski definition) is 2. The first-order chi connectivity index (χ1) is 9.70. The second kappa shape index (κ2) is 7.41. The molecular weight excluding hydrogens is 292 g/mol. The summed E-state index contributed by atoms with van der Waals surface area (Å²) in [5, 5.41) is 3.59. The highest BCUT2D eigenvalue weighted by Gasteiger charge is 2.08. The molecule has 0 saturated heterocycles. The number of carbonyl (C=O) groups excluding carboxylic acids is 1. The summed E-state index contributed by atoms with van der Waals surface area (Å²) >= 11 is 7.68. The van der Waals surface area contributed by atoms with Gasteiger partial charge >= 0.3 is 0 Å². The molecular formula is C15H17ClN2OS. The van der Waals surface area contributed by atoms with Crippen molar-refractivity contribution >= 4 is 35.0 Å². The molecule has 3 nitrogen and oxygen atoms in total. The van der Waals surface area contributed by atoms with Crippen molar-refractivity contribution < 1.29 is 4.79 Å². The predicted octanol–water partition coefficient (Wildman–Crippen LogP) is 4.21. The third-order valence-corrected chi connectivity index (χ3v) is 4.10. The SMILES string of the molecule is CCCSCC(=O)Nc1ccc(Cl)cc1-n1cccc1.